The van der Waals surface area contributed by atoms with E-state index in [1.165, 1.54) is 25.6 Å². The van der Waals surface area contributed by atoms with Crippen molar-refractivity contribution in [3.05, 3.63) is 42.2 Å². The van der Waals surface area contributed by atoms with E-state index < -0.39 is 5.82 Å². The molecule has 1 aromatic carbocycles. The maximum absolute atomic E-state index is 14.0. The van der Waals surface area contributed by atoms with Gasteiger partial charge in [0, 0.05) is 10.5 Å². The minimum absolute atomic E-state index is 0.168. The Morgan fingerprint density at radius 1 is 1.30 bits per heavy atom. The summed E-state index contributed by atoms with van der Waals surface area (Å²) < 4.78 is 14.0. The first kappa shape index (κ1) is 12.7. The molecule has 0 atom stereocenters. The standard InChI is InChI=1S/C13H9FN4OS/c1-7(19)8-2-3-10(9(14)4-8)20-13-11-12(16-5-15-11)17-6-18-13/h2-6H,1H3,(H,15,16,17,18). The lowest BCUT2D eigenvalue weighted by Crippen LogP contribution is -1.94. The fraction of sp³-hybridized carbons (Fsp3) is 0.0769. The molecule has 100 valence electrons. The minimum Gasteiger partial charge on any atom is -0.341 e. The lowest BCUT2D eigenvalue weighted by Gasteiger charge is -2.04. The van der Waals surface area contributed by atoms with Crippen LogP contribution in [0.4, 0.5) is 4.39 Å². The first-order chi connectivity index (χ1) is 9.65. The second kappa shape index (κ2) is 5.01. The molecule has 0 saturated carbocycles. The Morgan fingerprint density at radius 2 is 2.15 bits per heavy atom. The number of carbonyl (C=O) groups excluding carboxylic acids is 1. The normalized spacial score (nSPS) is 10.9. The number of hydrogen-bond donors (Lipinski definition) is 1. The summed E-state index contributed by atoms with van der Waals surface area (Å²) in [5, 5.41) is 0.585. The molecule has 0 aliphatic carbocycles. The number of fused-ring (bicyclic) bond motifs is 1. The van der Waals surface area contributed by atoms with Crippen LogP contribution in [0.5, 0.6) is 0 Å². The third kappa shape index (κ3) is 2.27. The molecule has 0 saturated heterocycles. The highest BCUT2D eigenvalue weighted by molar-refractivity contribution is 7.99. The van der Waals surface area contributed by atoms with Gasteiger partial charge in [0.05, 0.1) is 6.33 Å². The second-order valence-corrected chi connectivity index (χ2v) is 5.11. The van der Waals surface area contributed by atoms with Gasteiger partial charge in [0.15, 0.2) is 11.4 Å². The van der Waals surface area contributed by atoms with E-state index >= 15 is 0 Å². The zero-order valence-electron chi connectivity index (χ0n) is 10.4. The maximum Gasteiger partial charge on any atom is 0.181 e. The third-order valence-electron chi connectivity index (χ3n) is 2.73. The summed E-state index contributed by atoms with van der Waals surface area (Å²) in [5.74, 6) is -0.618. The number of imidazole rings is 1. The quantitative estimate of drug-likeness (QED) is 0.592. The smallest absolute Gasteiger partial charge is 0.181 e. The molecule has 2 aromatic heterocycles. The molecule has 3 aromatic rings. The molecule has 0 spiro atoms. The number of ketones is 1. The van der Waals surface area contributed by atoms with Crippen LogP contribution in [0.25, 0.3) is 11.2 Å². The van der Waals surface area contributed by atoms with Gasteiger partial charge in [-0.1, -0.05) is 17.8 Å². The van der Waals surface area contributed by atoms with E-state index in [1.807, 2.05) is 0 Å². The Bertz CT molecular complexity index is 802. The highest BCUT2D eigenvalue weighted by Gasteiger charge is 2.12. The van der Waals surface area contributed by atoms with E-state index in [4.69, 9.17) is 0 Å². The van der Waals surface area contributed by atoms with Gasteiger partial charge in [0.2, 0.25) is 0 Å². The fourth-order valence-electron chi connectivity index (χ4n) is 1.73. The number of carbonyl (C=O) groups is 1. The summed E-state index contributed by atoms with van der Waals surface area (Å²) in [6, 6.07) is 4.40. The van der Waals surface area contributed by atoms with E-state index in [9.17, 15) is 9.18 Å². The predicted octanol–water partition coefficient (Wildman–Crippen LogP) is 2.85. The Morgan fingerprint density at radius 3 is 2.90 bits per heavy atom. The average Bonchev–Trinajstić information content (AvgIpc) is 2.90. The lowest BCUT2D eigenvalue weighted by molar-refractivity contribution is 0.101. The van der Waals surface area contributed by atoms with Crippen LogP contribution in [0.3, 0.4) is 0 Å². The number of nitrogens with one attached hydrogen (secondary N) is 1. The van der Waals surface area contributed by atoms with Crippen LogP contribution in [-0.4, -0.2) is 25.7 Å². The molecule has 0 radical (unpaired) electrons. The molecular formula is C13H9FN4OS. The number of rotatable bonds is 3. The van der Waals surface area contributed by atoms with Crippen LogP contribution < -0.4 is 0 Å². The Hall–Kier alpha value is -2.28. The van der Waals surface area contributed by atoms with Crippen molar-refractivity contribution in [2.45, 2.75) is 16.8 Å². The van der Waals surface area contributed by atoms with E-state index in [1.54, 1.807) is 12.1 Å². The lowest BCUT2D eigenvalue weighted by atomic mass is 10.1. The van der Waals surface area contributed by atoms with Gasteiger partial charge in [-0.25, -0.2) is 19.3 Å². The molecule has 7 heteroatoms. The number of benzene rings is 1. The summed E-state index contributed by atoms with van der Waals surface area (Å²) in [6.07, 6.45) is 2.89. The monoisotopic (exact) mass is 288 g/mol. The van der Waals surface area contributed by atoms with Crippen molar-refractivity contribution in [2.75, 3.05) is 0 Å². The van der Waals surface area contributed by atoms with E-state index in [0.717, 1.165) is 11.8 Å². The number of aromatic amines is 1. The Labute approximate surface area is 117 Å². The molecule has 0 amide bonds. The van der Waals surface area contributed by atoms with Gasteiger partial charge in [-0.15, -0.1) is 0 Å². The SMILES string of the molecule is CC(=O)c1ccc(Sc2ncnc3nc[nH]c23)c(F)c1. The van der Waals surface area contributed by atoms with Crippen molar-refractivity contribution in [3.63, 3.8) is 0 Å². The van der Waals surface area contributed by atoms with Gasteiger partial charge < -0.3 is 4.98 Å². The van der Waals surface area contributed by atoms with E-state index in [0.29, 0.717) is 26.6 Å². The topological polar surface area (TPSA) is 71.5 Å². The second-order valence-electron chi connectivity index (χ2n) is 4.08. The largest absolute Gasteiger partial charge is 0.341 e. The molecule has 20 heavy (non-hydrogen) atoms. The average molecular weight is 288 g/mol. The maximum atomic E-state index is 14.0. The van der Waals surface area contributed by atoms with Gasteiger partial charge in [-0.3, -0.25) is 4.79 Å². The molecular weight excluding hydrogens is 279 g/mol. The van der Waals surface area contributed by atoms with Gasteiger partial charge in [-0.2, -0.15) is 0 Å². The van der Waals surface area contributed by atoms with Gasteiger partial charge >= 0.3 is 0 Å². The molecule has 0 unspecified atom stereocenters. The highest BCUT2D eigenvalue weighted by atomic mass is 32.2. The summed E-state index contributed by atoms with van der Waals surface area (Å²) in [6.45, 7) is 1.40. The number of nitrogens with zero attached hydrogens (tertiary/aromatic N) is 3. The number of halogens is 1. The van der Waals surface area contributed by atoms with Crippen LogP contribution in [0.2, 0.25) is 0 Å². The van der Waals surface area contributed by atoms with E-state index in [-0.39, 0.29) is 5.78 Å². The van der Waals surface area contributed by atoms with Gasteiger partial charge in [0.25, 0.3) is 0 Å². The van der Waals surface area contributed by atoms with Crippen molar-refractivity contribution in [1.82, 2.24) is 19.9 Å². The molecule has 0 fully saturated rings. The number of aromatic nitrogens is 4. The van der Waals surface area contributed by atoms with Gasteiger partial charge in [-0.05, 0) is 19.1 Å². The number of H-pyrrole nitrogens is 1. The first-order valence-electron chi connectivity index (χ1n) is 5.77. The van der Waals surface area contributed by atoms with Crippen LogP contribution in [0.15, 0.2) is 40.8 Å². The summed E-state index contributed by atoms with van der Waals surface area (Å²) >= 11 is 1.16. The summed E-state index contributed by atoms with van der Waals surface area (Å²) in [7, 11) is 0. The molecule has 2 heterocycles. The molecule has 3 rings (SSSR count). The molecule has 5 nitrogen and oxygen atoms in total. The summed E-state index contributed by atoms with van der Waals surface area (Å²) in [5.41, 5.74) is 1.54. The first-order valence-corrected chi connectivity index (χ1v) is 6.59. The minimum atomic E-state index is -0.450. The van der Waals surface area contributed by atoms with Crippen LogP contribution in [-0.2, 0) is 0 Å². The molecule has 0 aliphatic heterocycles. The van der Waals surface area contributed by atoms with E-state index in [2.05, 4.69) is 19.9 Å². The highest BCUT2D eigenvalue weighted by Crippen LogP contribution is 2.31. The molecule has 1 N–H and O–H groups in total. The summed E-state index contributed by atoms with van der Waals surface area (Å²) in [4.78, 5) is 26.7. The zero-order valence-corrected chi connectivity index (χ0v) is 11.2. The molecule has 0 aliphatic rings. The zero-order chi connectivity index (χ0) is 14.1. The third-order valence-corrected chi connectivity index (χ3v) is 3.79. The Balaban J connectivity index is 1.99. The van der Waals surface area contributed by atoms with Crippen molar-refractivity contribution in [2.24, 2.45) is 0 Å². The van der Waals surface area contributed by atoms with Crippen molar-refractivity contribution in [1.29, 1.82) is 0 Å². The van der Waals surface area contributed by atoms with Crippen molar-refractivity contribution in [3.8, 4) is 0 Å². The van der Waals surface area contributed by atoms with Gasteiger partial charge in [0.1, 0.15) is 22.7 Å². The van der Waals surface area contributed by atoms with Crippen LogP contribution >= 0.6 is 11.8 Å². The van der Waals surface area contributed by atoms with Crippen LogP contribution in [0, 0.1) is 5.82 Å². The number of Topliss-reactive ketones (excluding diaryl/α,β-unsaturated/α-hetero) is 1. The Kier molecular flexibility index (Phi) is 3.19. The van der Waals surface area contributed by atoms with Crippen molar-refractivity contribution < 1.29 is 9.18 Å². The van der Waals surface area contributed by atoms with Crippen LogP contribution in [0.1, 0.15) is 17.3 Å². The fourth-order valence-corrected chi connectivity index (χ4v) is 2.58. The molecule has 0 bridgehead atoms. The number of hydrogen-bond acceptors (Lipinski definition) is 5. The van der Waals surface area contributed by atoms with Crippen molar-refractivity contribution >= 4 is 28.7 Å². The predicted molar refractivity (Wildman–Crippen MR) is 72.2 cm³/mol.